The molecule has 2 rings (SSSR count). The average molecular weight is 273 g/mol. The molecule has 0 heterocycles. The lowest BCUT2D eigenvalue weighted by atomic mass is 10.1. The van der Waals surface area contributed by atoms with Crippen molar-refractivity contribution in [2.24, 2.45) is 0 Å². The molecule has 0 fully saturated rings. The summed E-state index contributed by atoms with van der Waals surface area (Å²) < 4.78 is 13.4. The third-order valence-corrected chi connectivity index (χ3v) is 3.41. The van der Waals surface area contributed by atoms with E-state index in [0.717, 1.165) is 25.1 Å². The van der Waals surface area contributed by atoms with Gasteiger partial charge in [-0.15, -0.1) is 0 Å². The molecule has 0 saturated carbocycles. The molecule has 0 aliphatic carbocycles. The summed E-state index contributed by atoms with van der Waals surface area (Å²) in [6.07, 6.45) is 0.766. The molecule has 0 atom stereocenters. The fraction of sp³-hybridized carbons (Fsp3) is 0.294. The minimum absolute atomic E-state index is 0.101. The van der Waals surface area contributed by atoms with Crippen molar-refractivity contribution >= 4 is 5.69 Å². The van der Waals surface area contributed by atoms with Crippen LogP contribution in [0.25, 0.3) is 0 Å². The van der Waals surface area contributed by atoms with Crippen LogP contribution in [-0.4, -0.2) is 20.6 Å². The zero-order valence-corrected chi connectivity index (χ0v) is 12.1. The Morgan fingerprint density at radius 3 is 2.35 bits per heavy atom. The molecule has 2 N–H and O–H groups in total. The molecule has 0 unspecified atom stereocenters. The number of nitrogens with zero attached hydrogens (tertiary/aromatic N) is 1. The van der Waals surface area contributed by atoms with Crippen molar-refractivity contribution in [1.82, 2.24) is 0 Å². The Morgan fingerprint density at radius 1 is 1.00 bits per heavy atom. The van der Waals surface area contributed by atoms with Gasteiger partial charge < -0.3 is 10.2 Å². The zero-order valence-electron chi connectivity index (χ0n) is 12.1. The van der Waals surface area contributed by atoms with E-state index in [4.69, 9.17) is 0 Å². The summed E-state index contributed by atoms with van der Waals surface area (Å²) in [5, 5.41) is 2.22. The first kappa shape index (κ1) is 14.5. The second-order valence-corrected chi connectivity index (χ2v) is 5.18. The van der Waals surface area contributed by atoms with Crippen molar-refractivity contribution in [2.75, 3.05) is 25.5 Å². The highest BCUT2D eigenvalue weighted by Crippen LogP contribution is 2.11. The number of anilines is 1. The molecule has 0 amide bonds. The van der Waals surface area contributed by atoms with E-state index in [9.17, 15) is 4.39 Å². The molecule has 0 radical (unpaired) electrons. The standard InChI is InChI=1S/C17H21FN2/c1-20(2)16-9-7-14(8-10-16)13-19-12-11-15-5-3-4-6-17(15)18/h3-10,19H,11-13H2,1-2H3/p+1. The highest BCUT2D eigenvalue weighted by Gasteiger charge is 2.02. The highest BCUT2D eigenvalue weighted by atomic mass is 19.1. The smallest absolute Gasteiger partial charge is 0.126 e. The van der Waals surface area contributed by atoms with E-state index in [-0.39, 0.29) is 5.82 Å². The van der Waals surface area contributed by atoms with Crippen LogP contribution in [0.3, 0.4) is 0 Å². The quantitative estimate of drug-likeness (QED) is 0.800. The van der Waals surface area contributed by atoms with E-state index in [2.05, 4.69) is 34.5 Å². The fourth-order valence-electron chi connectivity index (χ4n) is 2.16. The Balaban J connectivity index is 1.77. The van der Waals surface area contributed by atoms with Gasteiger partial charge in [0.15, 0.2) is 0 Å². The van der Waals surface area contributed by atoms with Gasteiger partial charge in [0.05, 0.1) is 6.54 Å². The van der Waals surface area contributed by atoms with E-state index in [1.807, 2.05) is 26.2 Å². The molecule has 0 aromatic heterocycles. The van der Waals surface area contributed by atoms with Crippen molar-refractivity contribution in [3.8, 4) is 0 Å². The summed E-state index contributed by atoms with van der Waals surface area (Å²) in [6, 6.07) is 15.5. The van der Waals surface area contributed by atoms with Crippen molar-refractivity contribution in [2.45, 2.75) is 13.0 Å². The van der Waals surface area contributed by atoms with E-state index in [0.29, 0.717) is 0 Å². The number of hydrogen-bond acceptors (Lipinski definition) is 1. The zero-order chi connectivity index (χ0) is 14.4. The van der Waals surface area contributed by atoms with Gasteiger partial charge in [-0.2, -0.15) is 0 Å². The van der Waals surface area contributed by atoms with Gasteiger partial charge in [0.1, 0.15) is 12.4 Å². The predicted octanol–water partition coefficient (Wildman–Crippen LogP) is 2.20. The number of benzene rings is 2. The molecular formula is C17H22FN2+. The van der Waals surface area contributed by atoms with Crippen LogP contribution < -0.4 is 10.2 Å². The highest BCUT2D eigenvalue weighted by molar-refractivity contribution is 5.45. The third-order valence-electron chi connectivity index (χ3n) is 3.41. The fourth-order valence-corrected chi connectivity index (χ4v) is 2.16. The van der Waals surface area contributed by atoms with Crippen LogP contribution in [0.15, 0.2) is 48.5 Å². The van der Waals surface area contributed by atoms with E-state index in [1.54, 1.807) is 6.07 Å². The minimum Gasteiger partial charge on any atom is -0.378 e. The largest absolute Gasteiger partial charge is 0.378 e. The summed E-state index contributed by atoms with van der Waals surface area (Å²) >= 11 is 0. The molecule has 0 spiro atoms. The van der Waals surface area contributed by atoms with Crippen molar-refractivity contribution in [1.29, 1.82) is 0 Å². The van der Waals surface area contributed by atoms with Crippen molar-refractivity contribution in [3.63, 3.8) is 0 Å². The second kappa shape index (κ2) is 7.06. The molecule has 0 aliphatic heterocycles. The van der Waals surface area contributed by atoms with Gasteiger partial charge in [-0.1, -0.05) is 30.3 Å². The molecule has 2 nitrogen and oxygen atoms in total. The van der Waals surface area contributed by atoms with Gasteiger partial charge in [0.2, 0.25) is 0 Å². The molecular weight excluding hydrogens is 251 g/mol. The summed E-state index contributed by atoms with van der Waals surface area (Å²) in [6.45, 7) is 1.83. The monoisotopic (exact) mass is 273 g/mol. The SMILES string of the molecule is CN(C)c1ccc(C[NH2+]CCc2ccccc2F)cc1. The van der Waals surface area contributed by atoms with Gasteiger partial charge in [0.25, 0.3) is 0 Å². The number of halogens is 1. The third kappa shape index (κ3) is 4.07. The van der Waals surface area contributed by atoms with Crippen molar-refractivity contribution in [3.05, 3.63) is 65.5 Å². The van der Waals surface area contributed by atoms with Crippen LogP contribution in [0.1, 0.15) is 11.1 Å². The van der Waals surface area contributed by atoms with Gasteiger partial charge in [-0.05, 0) is 23.8 Å². The maximum Gasteiger partial charge on any atom is 0.126 e. The summed E-state index contributed by atoms with van der Waals surface area (Å²) in [5.74, 6) is -0.101. The van der Waals surface area contributed by atoms with Crippen LogP contribution in [0.5, 0.6) is 0 Å². The molecule has 106 valence electrons. The van der Waals surface area contributed by atoms with Crippen LogP contribution in [-0.2, 0) is 13.0 Å². The topological polar surface area (TPSA) is 19.9 Å². The molecule has 2 aromatic rings. The lowest BCUT2D eigenvalue weighted by Crippen LogP contribution is -2.83. The van der Waals surface area contributed by atoms with Gasteiger partial charge in [-0.3, -0.25) is 0 Å². The first-order chi connectivity index (χ1) is 9.66. The predicted molar refractivity (Wildman–Crippen MR) is 81.4 cm³/mol. The molecule has 0 saturated heterocycles. The molecule has 0 aliphatic rings. The Kier molecular flexibility index (Phi) is 5.13. The number of hydrogen-bond donors (Lipinski definition) is 1. The van der Waals surface area contributed by atoms with E-state index in [1.165, 1.54) is 17.3 Å². The normalized spacial score (nSPS) is 10.6. The lowest BCUT2D eigenvalue weighted by Gasteiger charge is -2.12. The average Bonchev–Trinajstić information content (AvgIpc) is 2.46. The second-order valence-electron chi connectivity index (χ2n) is 5.18. The molecule has 20 heavy (non-hydrogen) atoms. The molecule has 3 heteroatoms. The Bertz CT molecular complexity index is 535. The van der Waals surface area contributed by atoms with Crippen LogP contribution in [0, 0.1) is 5.82 Å². The van der Waals surface area contributed by atoms with E-state index >= 15 is 0 Å². The Labute approximate surface area is 120 Å². The number of nitrogens with two attached hydrogens (primary N) is 1. The van der Waals surface area contributed by atoms with Crippen LogP contribution in [0.2, 0.25) is 0 Å². The maximum atomic E-state index is 13.4. The number of rotatable bonds is 6. The first-order valence-corrected chi connectivity index (χ1v) is 6.98. The molecule has 0 bridgehead atoms. The van der Waals surface area contributed by atoms with Crippen LogP contribution in [0.4, 0.5) is 10.1 Å². The minimum atomic E-state index is -0.101. The summed E-state index contributed by atoms with van der Waals surface area (Å²) in [4.78, 5) is 2.09. The Hall–Kier alpha value is -1.87. The lowest BCUT2D eigenvalue weighted by molar-refractivity contribution is -0.670. The summed E-state index contributed by atoms with van der Waals surface area (Å²) in [7, 11) is 4.07. The van der Waals surface area contributed by atoms with Gasteiger partial charge in [0, 0.05) is 31.8 Å². The Morgan fingerprint density at radius 2 is 1.70 bits per heavy atom. The summed E-state index contributed by atoms with van der Waals surface area (Å²) in [5.41, 5.74) is 3.30. The first-order valence-electron chi connectivity index (χ1n) is 6.98. The van der Waals surface area contributed by atoms with Gasteiger partial charge in [-0.25, -0.2) is 4.39 Å². The number of quaternary nitrogens is 1. The van der Waals surface area contributed by atoms with Gasteiger partial charge >= 0.3 is 0 Å². The molecule has 2 aromatic carbocycles. The maximum absolute atomic E-state index is 13.4. The van der Waals surface area contributed by atoms with E-state index < -0.39 is 0 Å². The van der Waals surface area contributed by atoms with Crippen LogP contribution >= 0.6 is 0 Å². The van der Waals surface area contributed by atoms with Crippen molar-refractivity contribution < 1.29 is 9.71 Å².